The molecule has 1 amide bonds. The van der Waals surface area contributed by atoms with Crippen molar-refractivity contribution in [1.29, 1.82) is 0 Å². The number of aromatic nitrogens is 2. The maximum atomic E-state index is 12.1. The summed E-state index contributed by atoms with van der Waals surface area (Å²) in [6.45, 7) is 1.66. The van der Waals surface area contributed by atoms with E-state index < -0.39 is 0 Å². The van der Waals surface area contributed by atoms with E-state index in [1.807, 2.05) is 13.0 Å². The van der Waals surface area contributed by atoms with E-state index in [-0.39, 0.29) is 18.4 Å². The van der Waals surface area contributed by atoms with Crippen LogP contribution >= 0.6 is 34.8 Å². The van der Waals surface area contributed by atoms with Crippen molar-refractivity contribution >= 4 is 57.3 Å². The van der Waals surface area contributed by atoms with Crippen LogP contribution in [0.2, 0.25) is 15.1 Å². The van der Waals surface area contributed by atoms with Crippen molar-refractivity contribution < 1.29 is 9.53 Å². The molecule has 0 radical (unpaired) electrons. The van der Waals surface area contributed by atoms with Crippen molar-refractivity contribution in [2.45, 2.75) is 6.92 Å². The van der Waals surface area contributed by atoms with Gasteiger partial charge in [-0.3, -0.25) is 4.79 Å². The number of anilines is 1. The first kappa shape index (κ1) is 17.7. The highest BCUT2D eigenvalue weighted by molar-refractivity contribution is 6.38. The van der Waals surface area contributed by atoms with Crippen molar-refractivity contribution in [2.24, 2.45) is 0 Å². The molecule has 5 nitrogen and oxygen atoms in total. The number of benzene rings is 2. The van der Waals surface area contributed by atoms with Crippen LogP contribution < -0.4 is 10.1 Å². The van der Waals surface area contributed by atoms with E-state index >= 15 is 0 Å². The van der Waals surface area contributed by atoms with E-state index in [2.05, 4.69) is 15.3 Å². The number of amides is 1. The van der Waals surface area contributed by atoms with E-state index in [9.17, 15) is 4.79 Å². The Balaban J connectivity index is 1.75. The molecule has 1 N–H and O–H groups in total. The quantitative estimate of drug-likeness (QED) is 0.680. The van der Waals surface area contributed by atoms with Gasteiger partial charge in [0.05, 0.1) is 26.6 Å². The number of ether oxygens (including phenoxy) is 1. The average molecular weight is 397 g/mol. The van der Waals surface area contributed by atoms with E-state index in [1.54, 1.807) is 24.3 Å². The molecule has 0 aliphatic carbocycles. The number of hydrogen-bond donors (Lipinski definition) is 1. The lowest BCUT2D eigenvalue weighted by Crippen LogP contribution is -2.20. The molecule has 3 aromatic rings. The minimum atomic E-state index is -0.370. The topological polar surface area (TPSA) is 64.1 Å². The van der Waals surface area contributed by atoms with Gasteiger partial charge in [-0.05, 0) is 36.8 Å². The summed E-state index contributed by atoms with van der Waals surface area (Å²) in [7, 11) is 0. The van der Waals surface area contributed by atoms with Crippen molar-refractivity contribution in [1.82, 2.24) is 9.97 Å². The fourth-order valence-corrected chi connectivity index (χ4v) is 3.05. The maximum Gasteiger partial charge on any atom is 0.262 e. The Labute approximate surface area is 158 Å². The Morgan fingerprint density at radius 1 is 1.12 bits per heavy atom. The third kappa shape index (κ3) is 4.12. The summed E-state index contributed by atoms with van der Waals surface area (Å²) in [6.07, 6.45) is 1.31. The van der Waals surface area contributed by atoms with Gasteiger partial charge in [-0.15, -0.1) is 0 Å². The summed E-state index contributed by atoms with van der Waals surface area (Å²) in [5.74, 6) is -0.148. The molecule has 0 unspecified atom stereocenters. The second-order valence-corrected chi connectivity index (χ2v) is 6.53. The number of rotatable bonds is 4. The van der Waals surface area contributed by atoms with Crippen LogP contribution in [0, 0.1) is 6.92 Å². The van der Waals surface area contributed by atoms with Gasteiger partial charge in [0.2, 0.25) is 5.88 Å². The zero-order valence-corrected chi connectivity index (χ0v) is 15.3. The number of carbonyl (C=O) groups is 1. The van der Waals surface area contributed by atoms with Gasteiger partial charge in [-0.2, -0.15) is 0 Å². The molecule has 0 saturated carbocycles. The highest BCUT2D eigenvalue weighted by Crippen LogP contribution is 2.30. The van der Waals surface area contributed by atoms with Crippen LogP contribution in [0.1, 0.15) is 5.56 Å². The number of halogens is 3. The molecule has 0 aliphatic rings. The third-order valence-corrected chi connectivity index (χ3v) is 4.18. The van der Waals surface area contributed by atoms with Crippen LogP contribution in [0.4, 0.5) is 5.69 Å². The van der Waals surface area contributed by atoms with Gasteiger partial charge >= 0.3 is 0 Å². The van der Waals surface area contributed by atoms with Crippen molar-refractivity contribution in [2.75, 3.05) is 11.9 Å². The van der Waals surface area contributed by atoms with Gasteiger partial charge in [-0.1, -0.05) is 40.9 Å². The molecule has 3 rings (SSSR count). The van der Waals surface area contributed by atoms with Gasteiger partial charge < -0.3 is 10.1 Å². The Bertz CT molecular complexity index is 963. The molecule has 0 bridgehead atoms. The minimum absolute atomic E-state index is 0.222. The SMILES string of the molecule is Cc1ccc(NC(=O)COc2ncnc3c(Cl)cc(Cl)cc23)c(Cl)c1. The van der Waals surface area contributed by atoms with Crippen molar-refractivity contribution in [3.63, 3.8) is 0 Å². The summed E-state index contributed by atoms with van der Waals surface area (Å²) >= 11 is 18.2. The smallest absolute Gasteiger partial charge is 0.262 e. The summed E-state index contributed by atoms with van der Waals surface area (Å²) in [6, 6.07) is 8.56. The fourth-order valence-electron chi connectivity index (χ4n) is 2.23. The van der Waals surface area contributed by atoms with Crippen LogP contribution in [-0.2, 0) is 4.79 Å². The van der Waals surface area contributed by atoms with E-state index in [1.165, 1.54) is 6.33 Å². The van der Waals surface area contributed by atoms with E-state index in [4.69, 9.17) is 39.5 Å². The lowest BCUT2D eigenvalue weighted by atomic mass is 10.2. The number of aryl methyl sites for hydroxylation is 1. The molecule has 128 valence electrons. The standard InChI is InChI=1S/C17H12Cl3N3O2/c1-9-2-3-14(12(19)4-9)23-15(24)7-25-17-11-5-10(18)6-13(20)16(11)21-8-22-17/h2-6,8H,7H2,1H3,(H,23,24). The van der Waals surface area contributed by atoms with Gasteiger partial charge in [-0.25, -0.2) is 9.97 Å². The largest absolute Gasteiger partial charge is 0.467 e. The van der Waals surface area contributed by atoms with Crippen LogP contribution in [-0.4, -0.2) is 22.5 Å². The lowest BCUT2D eigenvalue weighted by Gasteiger charge is -2.10. The molecule has 0 aliphatic heterocycles. The molecule has 25 heavy (non-hydrogen) atoms. The summed E-state index contributed by atoms with van der Waals surface area (Å²) in [5.41, 5.74) is 2.01. The molecule has 0 atom stereocenters. The normalized spacial score (nSPS) is 10.7. The minimum Gasteiger partial charge on any atom is -0.467 e. The molecule has 1 heterocycles. The highest BCUT2D eigenvalue weighted by Gasteiger charge is 2.12. The second-order valence-electron chi connectivity index (χ2n) is 5.28. The van der Waals surface area contributed by atoms with Crippen LogP contribution in [0.15, 0.2) is 36.7 Å². The summed E-state index contributed by atoms with van der Waals surface area (Å²) in [4.78, 5) is 20.2. The van der Waals surface area contributed by atoms with E-state index in [0.29, 0.717) is 31.7 Å². The summed E-state index contributed by atoms with van der Waals surface area (Å²) < 4.78 is 5.50. The average Bonchev–Trinajstić information content (AvgIpc) is 2.55. The molecule has 0 spiro atoms. The Hall–Kier alpha value is -2.08. The molecule has 0 fully saturated rings. The maximum absolute atomic E-state index is 12.1. The zero-order chi connectivity index (χ0) is 18.0. The number of nitrogens with one attached hydrogen (secondary N) is 1. The molecule has 0 saturated heterocycles. The number of hydrogen-bond acceptors (Lipinski definition) is 4. The predicted molar refractivity (Wildman–Crippen MR) is 99.9 cm³/mol. The van der Waals surface area contributed by atoms with Crippen LogP contribution in [0.25, 0.3) is 10.9 Å². The molecular weight excluding hydrogens is 385 g/mol. The zero-order valence-electron chi connectivity index (χ0n) is 13.0. The van der Waals surface area contributed by atoms with Gasteiger partial charge in [0, 0.05) is 5.02 Å². The first-order valence-electron chi connectivity index (χ1n) is 7.22. The molecule has 1 aromatic heterocycles. The Kier molecular flexibility index (Phi) is 5.27. The number of nitrogens with zero attached hydrogens (tertiary/aromatic N) is 2. The first-order chi connectivity index (χ1) is 11.9. The first-order valence-corrected chi connectivity index (χ1v) is 8.36. The highest BCUT2D eigenvalue weighted by atomic mass is 35.5. The van der Waals surface area contributed by atoms with Gasteiger partial charge in [0.25, 0.3) is 5.91 Å². The van der Waals surface area contributed by atoms with Crippen molar-refractivity contribution in [3.05, 3.63) is 57.3 Å². The second kappa shape index (κ2) is 7.44. The molecule has 8 heteroatoms. The molecular formula is C17H12Cl3N3O2. The monoisotopic (exact) mass is 395 g/mol. The lowest BCUT2D eigenvalue weighted by molar-refractivity contribution is -0.118. The number of carbonyl (C=O) groups excluding carboxylic acids is 1. The van der Waals surface area contributed by atoms with Crippen LogP contribution in [0.5, 0.6) is 5.88 Å². The fraction of sp³-hybridized carbons (Fsp3) is 0.118. The molecule has 2 aromatic carbocycles. The Morgan fingerprint density at radius 2 is 1.92 bits per heavy atom. The third-order valence-electron chi connectivity index (χ3n) is 3.36. The van der Waals surface area contributed by atoms with Crippen LogP contribution in [0.3, 0.4) is 0 Å². The number of fused-ring (bicyclic) bond motifs is 1. The van der Waals surface area contributed by atoms with E-state index in [0.717, 1.165) is 5.56 Å². The Morgan fingerprint density at radius 3 is 2.68 bits per heavy atom. The summed E-state index contributed by atoms with van der Waals surface area (Å²) in [5, 5.41) is 4.48. The van der Waals surface area contributed by atoms with Gasteiger partial charge in [0.15, 0.2) is 6.61 Å². The predicted octanol–water partition coefficient (Wildman–Crippen LogP) is 4.92. The van der Waals surface area contributed by atoms with Gasteiger partial charge in [0.1, 0.15) is 6.33 Å². The van der Waals surface area contributed by atoms with Crippen molar-refractivity contribution in [3.8, 4) is 5.88 Å².